The van der Waals surface area contributed by atoms with E-state index in [2.05, 4.69) is 15.4 Å². The second kappa shape index (κ2) is 8.52. The molecule has 0 fully saturated rings. The van der Waals surface area contributed by atoms with Gasteiger partial charge in [0.15, 0.2) is 0 Å². The Bertz CT molecular complexity index is 506. The van der Waals surface area contributed by atoms with E-state index in [4.69, 9.17) is 11.6 Å². The van der Waals surface area contributed by atoms with Crippen LogP contribution >= 0.6 is 11.6 Å². The van der Waals surface area contributed by atoms with Crippen LogP contribution in [0.4, 0.5) is 5.69 Å². The highest BCUT2D eigenvalue weighted by Gasteiger charge is 2.10. The summed E-state index contributed by atoms with van der Waals surface area (Å²) in [5.41, 5.74) is 1.02. The van der Waals surface area contributed by atoms with Gasteiger partial charge in [0.1, 0.15) is 0 Å². The van der Waals surface area contributed by atoms with Crippen molar-refractivity contribution in [1.82, 2.24) is 5.32 Å². The molecule has 1 amide bonds. The Morgan fingerprint density at radius 1 is 1.38 bits per heavy atom. The highest BCUT2D eigenvalue weighted by atomic mass is 35.5. The van der Waals surface area contributed by atoms with Crippen molar-refractivity contribution in [2.45, 2.75) is 32.7 Å². The Morgan fingerprint density at radius 2 is 2.10 bits per heavy atom. The lowest BCUT2D eigenvalue weighted by Gasteiger charge is -2.13. The van der Waals surface area contributed by atoms with Gasteiger partial charge in [0.05, 0.1) is 23.4 Å². The van der Waals surface area contributed by atoms with Crippen molar-refractivity contribution in [3.05, 3.63) is 28.8 Å². The normalized spacial score (nSPS) is 11.6. The first-order chi connectivity index (χ1) is 9.97. The molecule has 0 aromatic heterocycles. The van der Waals surface area contributed by atoms with Crippen molar-refractivity contribution in [2.75, 3.05) is 19.0 Å². The SMILES string of the molecule is CCC(C)NC(=O)CCNc1cc(C(=O)OC)ccc1Cl. The molecule has 2 N–H and O–H groups in total. The van der Waals surface area contributed by atoms with Gasteiger partial charge in [-0.25, -0.2) is 4.79 Å². The molecule has 116 valence electrons. The molecule has 0 heterocycles. The van der Waals surface area contributed by atoms with Crippen LogP contribution in [0, 0.1) is 0 Å². The van der Waals surface area contributed by atoms with Crippen LogP contribution in [0.1, 0.15) is 37.0 Å². The Kier molecular flexibility index (Phi) is 7.02. The number of methoxy groups -OCH3 is 1. The van der Waals surface area contributed by atoms with Crippen molar-refractivity contribution < 1.29 is 14.3 Å². The third kappa shape index (κ3) is 5.63. The molecule has 5 nitrogen and oxygen atoms in total. The fraction of sp³-hybridized carbons (Fsp3) is 0.467. The van der Waals surface area contributed by atoms with E-state index in [0.717, 1.165) is 6.42 Å². The molecule has 0 saturated heterocycles. The number of hydrogen-bond donors (Lipinski definition) is 2. The van der Waals surface area contributed by atoms with Gasteiger partial charge < -0.3 is 15.4 Å². The van der Waals surface area contributed by atoms with Gasteiger partial charge in [-0.15, -0.1) is 0 Å². The fourth-order valence-electron chi connectivity index (χ4n) is 1.67. The first-order valence-corrected chi connectivity index (χ1v) is 7.26. The summed E-state index contributed by atoms with van der Waals surface area (Å²) in [6, 6.07) is 4.99. The molecule has 21 heavy (non-hydrogen) atoms. The predicted molar refractivity (Wildman–Crippen MR) is 83.8 cm³/mol. The van der Waals surface area contributed by atoms with Crippen LogP contribution in [0.5, 0.6) is 0 Å². The second-order valence-corrected chi connectivity index (χ2v) is 5.15. The first-order valence-electron chi connectivity index (χ1n) is 6.89. The van der Waals surface area contributed by atoms with E-state index in [-0.39, 0.29) is 11.9 Å². The van der Waals surface area contributed by atoms with E-state index in [0.29, 0.717) is 29.2 Å². The van der Waals surface area contributed by atoms with Crippen LogP contribution in [0.25, 0.3) is 0 Å². The lowest BCUT2D eigenvalue weighted by atomic mass is 10.2. The molecule has 1 aromatic rings. The molecule has 0 saturated carbocycles. The number of ether oxygens (including phenoxy) is 1. The molecule has 0 aliphatic rings. The Labute approximate surface area is 130 Å². The number of nitrogens with one attached hydrogen (secondary N) is 2. The topological polar surface area (TPSA) is 67.4 Å². The van der Waals surface area contributed by atoms with E-state index >= 15 is 0 Å². The van der Waals surface area contributed by atoms with Crippen LogP contribution in [0.3, 0.4) is 0 Å². The minimum Gasteiger partial charge on any atom is -0.465 e. The first kappa shape index (κ1) is 17.3. The number of carbonyl (C=O) groups is 2. The smallest absolute Gasteiger partial charge is 0.337 e. The monoisotopic (exact) mass is 312 g/mol. The van der Waals surface area contributed by atoms with Gasteiger partial charge >= 0.3 is 5.97 Å². The zero-order valence-corrected chi connectivity index (χ0v) is 13.3. The van der Waals surface area contributed by atoms with Gasteiger partial charge in [-0.2, -0.15) is 0 Å². The summed E-state index contributed by atoms with van der Waals surface area (Å²) in [4.78, 5) is 23.1. The van der Waals surface area contributed by atoms with E-state index in [1.165, 1.54) is 7.11 Å². The summed E-state index contributed by atoms with van der Waals surface area (Å²) < 4.78 is 4.66. The summed E-state index contributed by atoms with van der Waals surface area (Å²) in [5, 5.41) is 6.43. The Hall–Kier alpha value is -1.75. The molecule has 6 heteroatoms. The average Bonchev–Trinajstić information content (AvgIpc) is 2.48. The zero-order chi connectivity index (χ0) is 15.8. The number of halogens is 1. The predicted octanol–water partition coefficient (Wildman–Crippen LogP) is 2.84. The number of carbonyl (C=O) groups excluding carboxylic acids is 2. The molecule has 0 spiro atoms. The zero-order valence-electron chi connectivity index (χ0n) is 12.5. The third-order valence-electron chi connectivity index (χ3n) is 3.07. The van der Waals surface area contributed by atoms with E-state index in [1.807, 2.05) is 13.8 Å². The number of rotatable bonds is 7. The van der Waals surface area contributed by atoms with Crippen LogP contribution in [-0.2, 0) is 9.53 Å². The van der Waals surface area contributed by atoms with Gasteiger partial charge in [-0.1, -0.05) is 18.5 Å². The van der Waals surface area contributed by atoms with E-state index in [9.17, 15) is 9.59 Å². The molecule has 0 aliphatic carbocycles. The van der Waals surface area contributed by atoms with E-state index < -0.39 is 5.97 Å². The molecule has 1 aromatic carbocycles. The van der Waals surface area contributed by atoms with E-state index in [1.54, 1.807) is 18.2 Å². The van der Waals surface area contributed by atoms with Crippen LogP contribution < -0.4 is 10.6 Å². The maximum atomic E-state index is 11.7. The maximum Gasteiger partial charge on any atom is 0.337 e. The van der Waals surface area contributed by atoms with Crippen LogP contribution in [0.15, 0.2) is 18.2 Å². The van der Waals surface area contributed by atoms with Gasteiger partial charge in [0.2, 0.25) is 5.91 Å². The summed E-state index contributed by atoms with van der Waals surface area (Å²) in [6.45, 7) is 4.41. The fourth-order valence-corrected chi connectivity index (χ4v) is 1.85. The highest BCUT2D eigenvalue weighted by Crippen LogP contribution is 2.23. The van der Waals surface area contributed by atoms with Crippen LogP contribution in [0.2, 0.25) is 5.02 Å². The quantitative estimate of drug-likeness (QED) is 0.760. The second-order valence-electron chi connectivity index (χ2n) is 4.74. The summed E-state index contributed by atoms with van der Waals surface area (Å²) in [5.74, 6) is -0.443. The maximum absolute atomic E-state index is 11.7. The summed E-state index contributed by atoms with van der Waals surface area (Å²) in [7, 11) is 1.32. The molecule has 1 unspecified atom stereocenters. The van der Waals surface area contributed by atoms with Gasteiger partial charge in [0, 0.05) is 19.0 Å². The summed E-state index contributed by atoms with van der Waals surface area (Å²) in [6.07, 6.45) is 1.23. The number of esters is 1. The minimum absolute atomic E-state index is 0.0166. The molecule has 1 atom stereocenters. The van der Waals surface area contributed by atoms with Crippen LogP contribution in [-0.4, -0.2) is 31.6 Å². The lowest BCUT2D eigenvalue weighted by Crippen LogP contribution is -2.32. The van der Waals surface area contributed by atoms with Crippen molar-refractivity contribution in [3.63, 3.8) is 0 Å². The highest BCUT2D eigenvalue weighted by molar-refractivity contribution is 6.33. The molecular weight excluding hydrogens is 292 g/mol. The molecule has 0 bridgehead atoms. The average molecular weight is 313 g/mol. The Balaban J connectivity index is 2.55. The van der Waals surface area contributed by atoms with Crippen molar-refractivity contribution in [2.24, 2.45) is 0 Å². The van der Waals surface area contributed by atoms with Crippen molar-refractivity contribution >= 4 is 29.2 Å². The van der Waals surface area contributed by atoms with Crippen molar-refractivity contribution in [1.29, 1.82) is 0 Å². The molecule has 0 aliphatic heterocycles. The van der Waals surface area contributed by atoms with Gasteiger partial charge in [0.25, 0.3) is 0 Å². The number of hydrogen-bond acceptors (Lipinski definition) is 4. The minimum atomic E-state index is -0.427. The molecule has 0 radical (unpaired) electrons. The number of benzene rings is 1. The van der Waals surface area contributed by atoms with Gasteiger partial charge in [-0.05, 0) is 31.5 Å². The third-order valence-corrected chi connectivity index (χ3v) is 3.40. The largest absolute Gasteiger partial charge is 0.465 e. The standard InChI is InChI=1S/C15H21ClN2O3/c1-4-10(2)18-14(19)7-8-17-13-9-11(15(20)21-3)5-6-12(13)16/h5-6,9-10,17H,4,7-8H2,1-3H3,(H,18,19). The lowest BCUT2D eigenvalue weighted by molar-refractivity contribution is -0.121. The number of amides is 1. The van der Waals surface area contributed by atoms with Crippen molar-refractivity contribution in [3.8, 4) is 0 Å². The summed E-state index contributed by atoms with van der Waals surface area (Å²) >= 11 is 6.05. The van der Waals surface area contributed by atoms with Gasteiger partial charge in [-0.3, -0.25) is 4.79 Å². The molecule has 1 rings (SSSR count). The Morgan fingerprint density at radius 3 is 2.71 bits per heavy atom. The number of anilines is 1. The molecular formula is C15H21ClN2O3.